The van der Waals surface area contributed by atoms with Gasteiger partial charge >= 0.3 is 0 Å². The maximum absolute atomic E-state index is 9.01. The standard InChI is InChI=1S/C10H14O3/c1-3-13-9-6-4-5-8(7-11)10(9)12-2/h4-6,11H,3,7H2,1-2H3. The summed E-state index contributed by atoms with van der Waals surface area (Å²) < 4.78 is 10.5. The van der Waals surface area contributed by atoms with Crippen LogP contribution in [0, 0.1) is 0 Å². The van der Waals surface area contributed by atoms with Gasteiger partial charge in [-0.05, 0) is 13.0 Å². The summed E-state index contributed by atoms with van der Waals surface area (Å²) in [7, 11) is 1.57. The van der Waals surface area contributed by atoms with Gasteiger partial charge in [0, 0.05) is 5.56 Å². The average molecular weight is 182 g/mol. The van der Waals surface area contributed by atoms with Crippen LogP contribution >= 0.6 is 0 Å². The Morgan fingerprint density at radius 3 is 2.69 bits per heavy atom. The lowest BCUT2D eigenvalue weighted by Crippen LogP contribution is -1.98. The van der Waals surface area contributed by atoms with Crippen LogP contribution in [0.4, 0.5) is 0 Å². The Labute approximate surface area is 77.9 Å². The molecule has 0 saturated carbocycles. The molecule has 1 rings (SSSR count). The number of hydrogen-bond donors (Lipinski definition) is 1. The van der Waals surface area contributed by atoms with Crippen LogP contribution in [-0.4, -0.2) is 18.8 Å². The minimum Gasteiger partial charge on any atom is -0.492 e. The van der Waals surface area contributed by atoms with E-state index in [1.807, 2.05) is 19.1 Å². The molecule has 3 heteroatoms. The quantitative estimate of drug-likeness (QED) is 0.768. The van der Waals surface area contributed by atoms with E-state index < -0.39 is 0 Å². The lowest BCUT2D eigenvalue weighted by atomic mass is 10.2. The van der Waals surface area contributed by atoms with E-state index in [9.17, 15) is 0 Å². The molecule has 13 heavy (non-hydrogen) atoms. The van der Waals surface area contributed by atoms with Crippen molar-refractivity contribution >= 4 is 0 Å². The summed E-state index contributed by atoms with van der Waals surface area (Å²) in [5.74, 6) is 1.29. The van der Waals surface area contributed by atoms with Gasteiger partial charge in [-0.15, -0.1) is 0 Å². The summed E-state index contributed by atoms with van der Waals surface area (Å²) in [5, 5.41) is 9.01. The molecule has 1 N–H and O–H groups in total. The molecule has 0 atom stereocenters. The SMILES string of the molecule is CCOc1cccc(CO)c1OC. The number of methoxy groups -OCH3 is 1. The van der Waals surface area contributed by atoms with Gasteiger partial charge in [0.05, 0.1) is 20.3 Å². The summed E-state index contributed by atoms with van der Waals surface area (Å²) in [6.45, 7) is 2.46. The number of ether oxygens (including phenoxy) is 2. The van der Waals surface area contributed by atoms with Crippen LogP contribution in [0.2, 0.25) is 0 Å². The highest BCUT2D eigenvalue weighted by atomic mass is 16.5. The van der Waals surface area contributed by atoms with E-state index in [1.54, 1.807) is 13.2 Å². The van der Waals surface area contributed by atoms with Gasteiger partial charge in [-0.2, -0.15) is 0 Å². The fourth-order valence-electron chi connectivity index (χ4n) is 1.19. The Kier molecular flexibility index (Phi) is 3.58. The lowest BCUT2D eigenvalue weighted by molar-refractivity contribution is 0.266. The van der Waals surface area contributed by atoms with Crippen molar-refractivity contribution in [3.63, 3.8) is 0 Å². The van der Waals surface area contributed by atoms with Crippen molar-refractivity contribution in [3.05, 3.63) is 23.8 Å². The maximum Gasteiger partial charge on any atom is 0.166 e. The fraction of sp³-hybridized carbons (Fsp3) is 0.400. The largest absolute Gasteiger partial charge is 0.492 e. The molecule has 0 radical (unpaired) electrons. The second-order valence-corrected chi connectivity index (χ2v) is 2.54. The molecule has 0 aliphatic rings. The molecule has 0 spiro atoms. The molecule has 0 fully saturated rings. The van der Waals surface area contributed by atoms with Gasteiger partial charge in [0.1, 0.15) is 0 Å². The summed E-state index contributed by atoms with van der Waals surface area (Å²) >= 11 is 0. The third kappa shape index (κ3) is 2.12. The van der Waals surface area contributed by atoms with E-state index in [4.69, 9.17) is 14.6 Å². The highest BCUT2D eigenvalue weighted by Crippen LogP contribution is 2.30. The van der Waals surface area contributed by atoms with Gasteiger partial charge < -0.3 is 14.6 Å². The fourth-order valence-corrected chi connectivity index (χ4v) is 1.19. The minimum atomic E-state index is -0.0376. The van der Waals surface area contributed by atoms with Gasteiger partial charge in [0.2, 0.25) is 0 Å². The van der Waals surface area contributed by atoms with Gasteiger partial charge in [-0.1, -0.05) is 12.1 Å². The van der Waals surface area contributed by atoms with Crippen LogP contribution in [0.1, 0.15) is 12.5 Å². The Balaban J connectivity index is 3.03. The highest BCUT2D eigenvalue weighted by molar-refractivity contribution is 5.46. The number of aliphatic hydroxyl groups excluding tert-OH is 1. The van der Waals surface area contributed by atoms with Gasteiger partial charge in [-0.3, -0.25) is 0 Å². The molecule has 0 saturated heterocycles. The molecule has 3 nitrogen and oxygen atoms in total. The minimum absolute atomic E-state index is 0.0376. The Morgan fingerprint density at radius 1 is 1.38 bits per heavy atom. The van der Waals surface area contributed by atoms with Gasteiger partial charge in [0.15, 0.2) is 11.5 Å². The van der Waals surface area contributed by atoms with Crippen molar-refractivity contribution < 1.29 is 14.6 Å². The van der Waals surface area contributed by atoms with Crippen LogP contribution in [-0.2, 0) is 6.61 Å². The van der Waals surface area contributed by atoms with Crippen LogP contribution in [0.15, 0.2) is 18.2 Å². The smallest absolute Gasteiger partial charge is 0.166 e. The second-order valence-electron chi connectivity index (χ2n) is 2.54. The van der Waals surface area contributed by atoms with E-state index >= 15 is 0 Å². The Morgan fingerprint density at radius 2 is 2.15 bits per heavy atom. The maximum atomic E-state index is 9.01. The molecule has 0 aliphatic carbocycles. The van der Waals surface area contributed by atoms with E-state index in [-0.39, 0.29) is 6.61 Å². The normalized spacial score (nSPS) is 9.77. The van der Waals surface area contributed by atoms with E-state index in [0.29, 0.717) is 18.1 Å². The molecule has 0 aliphatic heterocycles. The summed E-state index contributed by atoms with van der Waals surface area (Å²) in [6.07, 6.45) is 0. The van der Waals surface area contributed by atoms with Crippen LogP contribution in [0.5, 0.6) is 11.5 Å². The number of aliphatic hydroxyl groups is 1. The molecule has 0 amide bonds. The first kappa shape index (κ1) is 9.86. The van der Waals surface area contributed by atoms with Crippen molar-refractivity contribution in [2.45, 2.75) is 13.5 Å². The topological polar surface area (TPSA) is 38.7 Å². The molecule has 0 bridgehead atoms. The lowest BCUT2D eigenvalue weighted by Gasteiger charge is -2.11. The van der Waals surface area contributed by atoms with E-state index in [0.717, 1.165) is 5.56 Å². The van der Waals surface area contributed by atoms with E-state index in [2.05, 4.69) is 0 Å². The molecule has 0 heterocycles. The van der Waals surface area contributed by atoms with Crippen LogP contribution in [0.25, 0.3) is 0 Å². The zero-order valence-electron chi connectivity index (χ0n) is 7.91. The Hall–Kier alpha value is -1.22. The van der Waals surface area contributed by atoms with Crippen molar-refractivity contribution in [1.82, 2.24) is 0 Å². The van der Waals surface area contributed by atoms with Gasteiger partial charge in [-0.25, -0.2) is 0 Å². The zero-order valence-corrected chi connectivity index (χ0v) is 7.91. The monoisotopic (exact) mass is 182 g/mol. The molecule has 72 valence electrons. The van der Waals surface area contributed by atoms with Crippen molar-refractivity contribution in [2.75, 3.05) is 13.7 Å². The van der Waals surface area contributed by atoms with Crippen molar-refractivity contribution in [1.29, 1.82) is 0 Å². The third-order valence-electron chi connectivity index (χ3n) is 1.73. The first-order valence-electron chi connectivity index (χ1n) is 4.23. The van der Waals surface area contributed by atoms with Crippen molar-refractivity contribution in [3.8, 4) is 11.5 Å². The third-order valence-corrected chi connectivity index (χ3v) is 1.73. The van der Waals surface area contributed by atoms with Crippen LogP contribution in [0.3, 0.4) is 0 Å². The summed E-state index contributed by atoms with van der Waals surface area (Å²) in [5.41, 5.74) is 0.744. The first-order valence-corrected chi connectivity index (χ1v) is 4.23. The van der Waals surface area contributed by atoms with Gasteiger partial charge in [0.25, 0.3) is 0 Å². The number of hydrogen-bond acceptors (Lipinski definition) is 3. The summed E-state index contributed by atoms with van der Waals surface area (Å²) in [6, 6.07) is 5.46. The number of benzene rings is 1. The van der Waals surface area contributed by atoms with Crippen LogP contribution < -0.4 is 9.47 Å². The Bertz CT molecular complexity index is 271. The molecular weight excluding hydrogens is 168 g/mol. The highest BCUT2D eigenvalue weighted by Gasteiger charge is 2.07. The summed E-state index contributed by atoms with van der Waals surface area (Å²) in [4.78, 5) is 0. The molecule has 0 unspecified atom stereocenters. The first-order chi connectivity index (χ1) is 6.33. The molecule has 1 aromatic carbocycles. The predicted octanol–water partition coefficient (Wildman–Crippen LogP) is 1.59. The molecule has 1 aromatic rings. The second kappa shape index (κ2) is 4.72. The average Bonchev–Trinajstić information content (AvgIpc) is 2.18. The number of para-hydroxylation sites is 1. The van der Waals surface area contributed by atoms with E-state index in [1.165, 1.54) is 0 Å². The number of rotatable bonds is 4. The zero-order chi connectivity index (χ0) is 9.68. The molecular formula is C10H14O3. The predicted molar refractivity (Wildman–Crippen MR) is 50.1 cm³/mol. The molecule has 0 aromatic heterocycles. The van der Waals surface area contributed by atoms with Crippen molar-refractivity contribution in [2.24, 2.45) is 0 Å².